The van der Waals surface area contributed by atoms with E-state index in [1.54, 1.807) is 11.0 Å². The molecular weight excluding hydrogens is 428 g/mol. The minimum atomic E-state index is -0.102. The SMILES string of the molecule is CCOc1cccc(C(CC)OCOn2ncc3ccc4cc(-c5cncnc5)ccc4c32)c1. The Hall–Kier alpha value is -3.97. The third-order valence-corrected chi connectivity index (χ3v) is 5.77. The summed E-state index contributed by atoms with van der Waals surface area (Å²) >= 11 is 0. The van der Waals surface area contributed by atoms with Gasteiger partial charge in [-0.1, -0.05) is 48.2 Å². The van der Waals surface area contributed by atoms with Crippen LogP contribution in [0.5, 0.6) is 5.75 Å². The molecular formula is C27H26N4O3. The predicted molar refractivity (Wildman–Crippen MR) is 131 cm³/mol. The Kier molecular flexibility index (Phi) is 6.35. The Morgan fingerprint density at radius 2 is 1.74 bits per heavy atom. The van der Waals surface area contributed by atoms with Gasteiger partial charge in [0.25, 0.3) is 0 Å². The molecule has 34 heavy (non-hydrogen) atoms. The van der Waals surface area contributed by atoms with Crippen molar-refractivity contribution in [2.75, 3.05) is 13.4 Å². The van der Waals surface area contributed by atoms with Gasteiger partial charge in [0.15, 0.2) is 0 Å². The normalized spacial score (nSPS) is 12.2. The molecule has 0 N–H and O–H groups in total. The van der Waals surface area contributed by atoms with Gasteiger partial charge < -0.3 is 14.3 Å². The van der Waals surface area contributed by atoms with Gasteiger partial charge in [-0.15, -0.1) is 5.10 Å². The average molecular weight is 455 g/mol. The van der Waals surface area contributed by atoms with Crippen LogP contribution in [0.3, 0.4) is 0 Å². The Morgan fingerprint density at radius 3 is 2.56 bits per heavy atom. The van der Waals surface area contributed by atoms with Gasteiger partial charge in [-0.2, -0.15) is 0 Å². The summed E-state index contributed by atoms with van der Waals surface area (Å²) < 4.78 is 11.7. The molecule has 1 atom stereocenters. The zero-order valence-corrected chi connectivity index (χ0v) is 19.2. The molecule has 2 heterocycles. The Morgan fingerprint density at radius 1 is 0.882 bits per heavy atom. The summed E-state index contributed by atoms with van der Waals surface area (Å²) in [7, 11) is 0. The molecule has 172 valence electrons. The largest absolute Gasteiger partial charge is 0.494 e. The van der Waals surface area contributed by atoms with Crippen LogP contribution in [-0.2, 0) is 4.74 Å². The van der Waals surface area contributed by atoms with Crippen molar-refractivity contribution in [2.45, 2.75) is 26.4 Å². The highest BCUT2D eigenvalue weighted by Crippen LogP contribution is 2.29. The number of nitrogens with zero attached hydrogens (tertiary/aromatic N) is 4. The van der Waals surface area contributed by atoms with Crippen molar-refractivity contribution in [1.29, 1.82) is 0 Å². The second kappa shape index (κ2) is 9.89. The monoisotopic (exact) mass is 454 g/mol. The first-order chi connectivity index (χ1) is 16.8. The van der Waals surface area contributed by atoms with Crippen LogP contribution in [0.15, 0.2) is 79.5 Å². The molecule has 0 saturated heterocycles. The summed E-state index contributed by atoms with van der Waals surface area (Å²) in [6.45, 7) is 4.77. The topological polar surface area (TPSA) is 71.3 Å². The molecule has 0 spiro atoms. The molecule has 7 nitrogen and oxygen atoms in total. The minimum absolute atomic E-state index is 0.0734. The highest BCUT2D eigenvalue weighted by molar-refractivity contribution is 6.06. The van der Waals surface area contributed by atoms with Crippen molar-refractivity contribution in [3.05, 3.63) is 85.1 Å². The summed E-state index contributed by atoms with van der Waals surface area (Å²) in [6.07, 6.45) is 7.67. The van der Waals surface area contributed by atoms with Crippen molar-refractivity contribution in [3.63, 3.8) is 0 Å². The van der Waals surface area contributed by atoms with Crippen molar-refractivity contribution in [1.82, 2.24) is 19.9 Å². The van der Waals surface area contributed by atoms with E-state index < -0.39 is 0 Å². The second-order valence-electron chi connectivity index (χ2n) is 7.90. The number of fused-ring (bicyclic) bond motifs is 3. The van der Waals surface area contributed by atoms with Crippen LogP contribution in [0, 0.1) is 0 Å². The summed E-state index contributed by atoms with van der Waals surface area (Å²) in [5, 5.41) is 7.57. The first-order valence-corrected chi connectivity index (χ1v) is 11.4. The predicted octanol–water partition coefficient (Wildman–Crippen LogP) is 5.60. The van der Waals surface area contributed by atoms with E-state index in [0.29, 0.717) is 6.61 Å². The molecule has 0 aliphatic carbocycles. The van der Waals surface area contributed by atoms with Crippen molar-refractivity contribution in [3.8, 4) is 16.9 Å². The summed E-state index contributed by atoms with van der Waals surface area (Å²) in [6, 6.07) is 18.4. The molecule has 5 aromatic rings. The molecule has 1 unspecified atom stereocenters. The molecule has 0 amide bonds. The third kappa shape index (κ3) is 4.43. The Balaban J connectivity index is 1.36. The zero-order valence-electron chi connectivity index (χ0n) is 19.2. The smallest absolute Gasteiger partial charge is 0.217 e. The Bertz CT molecular complexity index is 1400. The van der Waals surface area contributed by atoms with Gasteiger partial charge in [0.05, 0.1) is 18.9 Å². The molecule has 5 rings (SSSR count). The lowest BCUT2D eigenvalue weighted by molar-refractivity contribution is -0.101. The fourth-order valence-electron chi connectivity index (χ4n) is 4.13. The summed E-state index contributed by atoms with van der Waals surface area (Å²) in [4.78, 5) is 15.7. The van der Waals surface area contributed by atoms with Crippen LogP contribution in [0.25, 0.3) is 32.8 Å². The van der Waals surface area contributed by atoms with E-state index in [0.717, 1.165) is 50.5 Å². The van der Waals surface area contributed by atoms with E-state index in [-0.39, 0.29) is 12.9 Å². The van der Waals surface area contributed by atoms with Crippen LogP contribution < -0.4 is 9.57 Å². The van der Waals surface area contributed by atoms with E-state index in [2.05, 4.69) is 46.3 Å². The van der Waals surface area contributed by atoms with Gasteiger partial charge in [-0.25, -0.2) is 9.97 Å². The number of aromatic nitrogens is 4. The number of benzene rings is 3. The number of hydrogen-bond acceptors (Lipinski definition) is 6. The van der Waals surface area contributed by atoms with Crippen molar-refractivity contribution in [2.24, 2.45) is 0 Å². The van der Waals surface area contributed by atoms with Gasteiger partial charge in [0.1, 0.15) is 17.6 Å². The standard InChI is InChI=1S/C27H26N4O3/c1-3-26(21-6-5-7-24(13-21)32-4-2)33-18-34-31-27-22(16-30-31)9-8-20-12-19(10-11-25(20)27)23-14-28-17-29-15-23/h5-17,26H,3-4,18H2,1-2H3. The van der Waals surface area contributed by atoms with Gasteiger partial charge in [-0.3, -0.25) is 0 Å². The molecule has 0 radical (unpaired) electrons. The first kappa shape index (κ1) is 21.9. The number of rotatable bonds is 9. The lowest BCUT2D eigenvalue weighted by atomic mass is 10.0. The van der Waals surface area contributed by atoms with Crippen LogP contribution in [-0.4, -0.2) is 33.3 Å². The Labute approximate surface area is 197 Å². The molecule has 0 fully saturated rings. The molecule has 2 aromatic heterocycles. The highest BCUT2D eigenvalue weighted by Gasteiger charge is 2.13. The molecule has 3 aromatic carbocycles. The third-order valence-electron chi connectivity index (χ3n) is 5.77. The maximum Gasteiger partial charge on any atom is 0.217 e. The highest BCUT2D eigenvalue weighted by atomic mass is 16.8. The minimum Gasteiger partial charge on any atom is -0.494 e. The van der Waals surface area contributed by atoms with E-state index in [9.17, 15) is 0 Å². The summed E-state index contributed by atoms with van der Waals surface area (Å²) in [5.41, 5.74) is 4.00. The number of hydrogen-bond donors (Lipinski definition) is 0. The number of ether oxygens (including phenoxy) is 2. The fraction of sp³-hybridized carbons (Fsp3) is 0.222. The summed E-state index contributed by atoms with van der Waals surface area (Å²) in [5.74, 6) is 0.842. The van der Waals surface area contributed by atoms with Gasteiger partial charge >= 0.3 is 0 Å². The van der Waals surface area contributed by atoms with Crippen LogP contribution in [0.4, 0.5) is 0 Å². The molecule has 0 bridgehead atoms. The van der Waals surface area contributed by atoms with Gasteiger partial charge in [-0.05, 0) is 48.1 Å². The van der Waals surface area contributed by atoms with E-state index in [4.69, 9.17) is 14.3 Å². The van der Waals surface area contributed by atoms with E-state index >= 15 is 0 Å². The van der Waals surface area contributed by atoms with Crippen molar-refractivity contribution < 1.29 is 14.3 Å². The zero-order chi connectivity index (χ0) is 23.3. The van der Waals surface area contributed by atoms with Crippen molar-refractivity contribution >= 4 is 21.7 Å². The molecule has 0 saturated carbocycles. The van der Waals surface area contributed by atoms with E-state index in [1.807, 2.05) is 49.6 Å². The van der Waals surface area contributed by atoms with Crippen LogP contribution >= 0.6 is 0 Å². The van der Waals surface area contributed by atoms with Crippen LogP contribution in [0.2, 0.25) is 0 Å². The second-order valence-corrected chi connectivity index (χ2v) is 7.90. The quantitative estimate of drug-likeness (QED) is 0.270. The first-order valence-electron chi connectivity index (χ1n) is 11.4. The lowest BCUT2D eigenvalue weighted by Crippen LogP contribution is -2.18. The van der Waals surface area contributed by atoms with Gasteiger partial charge in [0.2, 0.25) is 6.79 Å². The average Bonchev–Trinajstić information content (AvgIpc) is 3.30. The van der Waals surface area contributed by atoms with Gasteiger partial charge in [0, 0.05) is 28.7 Å². The van der Waals surface area contributed by atoms with E-state index in [1.165, 1.54) is 6.33 Å². The maximum absolute atomic E-state index is 6.07. The lowest BCUT2D eigenvalue weighted by Gasteiger charge is -2.18. The molecule has 7 heteroatoms. The molecule has 0 aliphatic rings. The van der Waals surface area contributed by atoms with Crippen LogP contribution in [0.1, 0.15) is 31.9 Å². The maximum atomic E-state index is 6.07. The molecule has 0 aliphatic heterocycles. The fourth-order valence-corrected chi connectivity index (χ4v) is 4.13.